The Morgan fingerprint density at radius 3 is 2.75 bits per heavy atom. The van der Waals surface area contributed by atoms with Gasteiger partial charge in [-0.3, -0.25) is 14.5 Å². The van der Waals surface area contributed by atoms with Gasteiger partial charge in [-0.15, -0.1) is 0 Å². The Hall–Kier alpha value is -2.66. The summed E-state index contributed by atoms with van der Waals surface area (Å²) in [6, 6.07) is 13.7. The van der Waals surface area contributed by atoms with E-state index in [4.69, 9.17) is 0 Å². The smallest absolute Gasteiger partial charge is 0.250 e. The number of carbonyl (C=O) groups is 1. The van der Waals surface area contributed by atoms with E-state index in [-0.39, 0.29) is 11.3 Å². The number of ketones is 1. The lowest BCUT2D eigenvalue weighted by atomic mass is 9.83. The molecule has 1 saturated heterocycles. The van der Waals surface area contributed by atoms with Gasteiger partial charge >= 0.3 is 0 Å². The molecule has 2 aliphatic heterocycles. The number of fused-ring (bicyclic) bond motifs is 5. The van der Waals surface area contributed by atoms with Crippen molar-refractivity contribution in [3.05, 3.63) is 69.8 Å². The molecule has 4 heterocycles. The number of Topliss-reactive ketones (excluding diaryl/α,β-unsaturated/α-hetero) is 1. The Bertz CT molecular complexity index is 1140. The zero-order chi connectivity index (χ0) is 19.4. The number of hydrogen-bond acceptors (Lipinski definition) is 3. The molecule has 5 heteroatoms. The van der Waals surface area contributed by atoms with Gasteiger partial charge in [0.2, 0.25) is 0 Å². The lowest BCUT2D eigenvalue weighted by molar-refractivity contribution is 0.0818. The van der Waals surface area contributed by atoms with Crippen LogP contribution < -0.4 is 5.56 Å². The van der Waals surface area contributed by atoms with Crippen molar-refractivity contribution in [2.45, 2.75) is 25.8 Å². The highest BCUT2D eigenvalue weighted by Gasteiger charge is 2.35. The highest BCUT2D eigenvalue weighted by molar-refractivity contribution is 6.10. The largest absolute Gasteiger partial charge is 0.347 e. The van der Waals surface area contributed by atoms with Crippen LogP contribution in [0.25, 0.3) is 10.9 Å². The van der Waals surface area contributed by atoms with Crippen LogP contribution in [-0.2, 0) is 13.6 Å². The maximum atomic E-state index is 13.3. The second-order valence-electron chi connectivity index (χ2n) is 8.35. The van der Waals surface area contributed by atoms with E-state index in [9.17, 15) is 9.59 Å². The first-order valence-electron chi connectivity index (χ1n) is 10.0. The van der Waals surface area contributed by atoms with Gasteiger partial charge in [0.25, 0.3) is 5.56 Å². The molecule has 0 radical (unpaired) electrons. The zero-order valence-corrected chi connectivity index (χ0v) is 16.4. The Morgan fingerprint density at radius 1 is 1.07 bits per heavy atom. The average Bonchev–Trinajstić information content (AvgIpc) is 2.94. The number of benzene rings is 1. The Morgan fingerprint density at radius 2 is 1.89 bits per heavy atom. The lowest BCUT2D eigenvalue weighted by Crippen LogP contribution is -2.48. The minimum absolute atomic E-state index is 0.100. The van der Waals surface area contributed by atoms with E-state index >= 15 is 0 Å². The SMILES string of the molecule is Cc1c(C(=O)CN2C[C@@H]3C[C@H](C2)c2cccc(=O)n2C3)c2ccccc2n1C. The number of nitrogens with zero attached hydrogens (tertiary/aromatic N) is 3. The molecule has 3 aromatic rings. The third kappa shape index (κ3) is 2.65. The number of likely N-dealkylation sites (tertiary alicyclic amines) is 1. The summed E-state index contributed by atoms with van der Waals surface area (Å²) in [5.41, 5.74) is 4.21. The van der Waals surface area contributed by atoms with Gasteiger partial charge in [0.1, 0.15) is 0 Å². The van der Waals surface area contributed by atoms with Crippen molar-refractivity contribution in [1.82, 2.24) is 14.0 Å². The Balaban J connectivity index is 1.42. The fourth-order valence-corrected chi connectivity index (χ4v) is 5.28. The molecule has 2 atom stereocenters. The highest BCUT2D eigenvalue weighted by Crippen LogP contribution is 2.35. The van der Waals surface area contributed by atoms with Crippen LogP contribution in [0.2, 0.25) is 0 Å². The topological polar surface area (TPSA) is 47.2 Å². The molecule has 144 valence electrons. The van der Waals surface area contributed by atoms with Crippen LogP contribution in [-0.4, -0.2) is 39.5 Å². The van der Waals surface area contributed by atoms with E-state index in [2.05, 4.69) is 21.6 Å². The fourth-order valence-electron chi connectivity index (χ4n) is 5.28. The number of piperidine rings is 1. The molecule has 2 aliphatic rings. The number of rotatable bonds is 3. The maximum Gasteiger partial charge on any atom is 0.250 e. The summed E-state index contributed by atoms with van der Waals surface area (Å²) in [5.74, 6) is 0.968. The summed E-state index contributed by atoms with van der Waals surface area (Å²) < 4.78 is 4.04. The minimum Gasteiger partial charge on any atom is -0.347 e. The predicted octanol–water partition coefficient (Wildman–Crippen LogP) is 2.95. The molecule has 2 aromatic heterocycles. The second kappa shape index (κ2) is 6.45. The van der Waals surface area contributed by atoms with Crippen LogP contribution >= 0.6 is 0 Å². The first-order valence-corrected chi connectivity index (χ1v) is 10.0. The molecule has 0 spiro atoms. The Kier molecular flexibility index (Phi) is 4.02. The van der Waals surface area contributed by atoms with E-state index in [1.54, 1.807) is 6.07 Å². The molecular weight excluding hydrogens is 350 g/mol. The standard InChI is InChI=1S/C23H25N3O2/c1-15-23(18-6-3-4-7-20(18)24(15)2)21(27)14-25-11-16-10-17(13-25)19-8-5-9-22(28)26(19)12-16/h3-9,16-17H,10-14H2,1-2H3/t16-,17+/m0/s1. The van der Waals surface area contributed by atoms with E-state index in [1.165, 1.54) is 0 Å². The number of pyridine rings is 1. The van der Waals surface area contributed by atoms with E-state index in [0.29, 0.717) is 18.4 Å². The molecule has 0 unspecified atom stereocenters. The fraction of sp³-hybridized carbons (Fsp3) is 0.391. The van der Waals surface area contributed by atoms with Gasteiger partial charge in [-0.25, -0.2) is 0 Å². The number of aromatic nitrogens is 2. The summed E-state index contributed by atoms with van der Waals surface area (Å²) in [6.07, 6.45) is 1.11. The summed E-state index contributed by atoms with van der Waals surface area (Å²) in [5, 5.41) is 1.04. The van der Waals surface area contributed by atoms with Crippen molar-refractivity contribution in [2.75, 3.05) is 19.6 Å². The van der Waals surface area contributed by atoms with Crippen molar-refractivity contribution in [2.24, 2.45) is 13.0 Å². The van der Waals surface area contributed by atoms with Gasteiger partial charge < -0.3 is 9.13 Å². The van der Waals surface area contributed by atoms with Crippen LogP contribution in [0.1, 0.15) is 34.1 Å². The molecule has 28 heavy (non-hydrogen) atoms. The van der Waals surface area contributed by atoms with Gasteiger partial charge in [-0.2, -0.15) is 0 Å². The monoisotopic (exact) mass is 375 g/mol. The average molecular weight is 375 g/mol. The van der Waals surface area contributed by atoms with Gasteiger partial charge in [0, 0.05) is 66.5 Å². The number of carbonyl (C=O) groups excluding carboxylic acids is 1. The van der Waals surface area contributed by atoms with Crippen molar-refractivity contribution in [3.8, 4) is 0 Å². The third-order valence-corrected chi connectivity index (χ3v) is 6.60. The van der Waals surface area contributed by atoms with Crippen LogP contribution in [0, 0.1) is 12.8 Å². The molecule has 0 aliphatic carbocycles. The highest BCUT2D eigenvalue weighted by atomic mass is 16.1. The summed E-state index contributed by atoms with van der Waals surface area (Å²) in [7, 11) is 2.02. The van der Waals surface area contributed by atoms with Gasteiger partial charge in [0.05, 0.1) is 6.54 Å². The molecule has 0 saturated carbocycles. The van der Waals surface area contributed by atoms with Crippen molar-refractivity contribution in [3.63, 3.8) is 0 Å². The van der Waals surface area contributed by atoms with Crippen molar-refractivity contribution in [1.29, 1.82) is 0 Å². The maximum absolute atomic E-state index is 13.3. The third-order valence-electron chi connectivity index (χ3n) is 6.60. The predicted molar refractivity (Wildman–Crippen MR) is 110 cm³/mol. The van der Waals surface area contributed by atoms with Crippen LogP contribution in [0.4, 0.5) is 0 Å². The van der Waals surface area contributed by atoms with Crippen LogP contribution in [0.15, 0.2) is 47.3 Å². The Labute approximate surface area is 164 Å². The summed E-state index contributed by atoms with van der Waals surface area (Å²) >= 11 is 0. The zero-order valence-electron chi connectivity index (χ0n) is 16.4. The molecule has 0 N–H and O–H groups in total. The molecule has 1 aromatic carbocycles. The van der Waals surface area contributed by atoms with Gasteiger partial charge in [0.15, 0.2) is 5.78 Å². The number of aryl methyl sites for hydroxylation is 1. The van der Waals surface area contributed by atoms with Crippen molar-refractivity contribution >= 4 is 16.7 Å². The van der Waals surface area contributed by atoms with Gasteiger partial charge in [-0.05, 0) is 31.4 Å². The number of para-hydroxylation sites is 1. The first-order chi connectivity index (χ1) is 13.5. The molecule has 5 rings (SSSR count). The second-order valence-corrected chi connectivity index (χ2v) is 8.35. The van der Waals surface area contributed by atoms with E-state index < -0.39 is 0 Å². The minimum atomic E-state index is 0.100. The molecule has 0 amide bonds. The summed E-state index contributed by atoms with van der Waals surface area (Å²) in [4.78, 5) is 27.8. The quantitative estimate of drug-likeness (QED) is 0.662. The molecular formula is C23H25N3O2. The van der Waals surface area contributed by atoms with E-state index in [1.807, 2.05) is 42.8 Å². The summed E-state index contributed by atoms with van der Waals surface area (Å²) in [6.45, 7) is 4.96. The first kappa shape index (κ1) is 17.4. The lowest BCUT2D eigenvalue weighted by Gasteiger charge is -2.42. The van der Waals surface area contributed by atoms with Crippen LogP contribution in [0.5, 0.6) is 0 Å². The van der Waals surface area contributed by atoms with E-state index in [0.717, 1.165) is 53.9 Å². The molecule has 5 nitrogen and oxygen atoms in total. The van der Waals surface area contributed by atoms with Gasteiger partial charge in [-0.1, -0.05) is 24.3 Å². The van der Waals surface area contributed by atoms with Crippen molar-refractivity contribution < 1.29 is 4.79 Å². The van der Waals surface area contributed by atoms with Crippen LogP contribution in [0.3, 0.4) is 0 Å². The molecule has 1 fully saturated rings. The molecule has 2 bridgehead atoms. The normalized spacial score (nSPS) is 21.6. The number of hydrogen-bond donors (Lipinski definition) is 0.